The van der Waals surface area contributed by atoms with E-state index in [-0.39, 0.29) is 49.3 Å². The zero-order valence-corrected chi connectivity index (χ0v) is 13.2. The maximum absolute atomic E-state index is 13.6. The number of aryl methyl sites for hydroxylation is 1. The molecule has 0 unspecified atom stereocenters. The number of rotatable bonds is 2. The van der Waals surface area contributed by atoms with Gasteiger partial charge in [0.25, 0.3) is 0 Å². The summed E-state index contributed by atoms with van der Waals surface area (Å²) < 4.78 is 15.0. The van der Waals surface area contributed by atoms with Gasteiger partial charge in [0.05, 0.1) is 5.52 Å². The zero-order chi connectivity index (χ0) is 13.4. The van der Waals surface area contributed by atoms with Gasteiger partial charge in [0.2, 0.25) is 5.43 Å². The molecule has 7 heteroatoms. The van der Waals surface area contributed by atoms with E-state index in [1.165, 1.54) is 23.9 Å². The van der Waals surface area contributed by atoms with Gasteiger partial charge in [-0.05, 0) is 12.1 Å². The number of halogens is 1. The van der Waals surface area contributed by atoms with Gasteiger partial charge in [-0.1, -0.05) is 0 Å². The van der Waals surface area contributed by atoms with Crippen LogP contribution in [-0.4, -0.2) is 22.7 Å². The van der Waals surface area contributed by atoms with Crippen LogP contribution < -0.4 is 5.43 Å². The van der Waals surface area contributed by atoms with Crippen molar-refractivity contribution in [3.05, 3.63) is 45.3 Å². The average molecular weight is 338 g/mol. The van der Waals surface area contributed by atoms with Crippen molar-refractivity contribution in [3.8, 4) is 0 Å². The average Bonchev–Trinajstić information content (AvgIpc) is 2.32. The molecule has 0 aliphatic heterocycles. The molecule has 0 fully saturated rings. The Morgan fingerprint density at radius 3 is 2.58 bits per heavy atom. The third kappa shape index (κ3) is 2.69. The van der Waals surface area contributed by atoms with Crippen LogP contribution in [0.5, 0.6) is 0 Å². The van der Waals surface area contributed by atoms with Crippen LogP contribution in [0.4, 0.5) is 10.1 Å². The van der Waals surface area contributed by atoms with Gasteiger partial charge >= 0.3 is 5.97 Å². The zero-order valence-electron chi connectivity index (χ0n) is 10.3. The van der Waals surface area contributed by atoms with E-state index in [0.29, 0.717) is 5.52 Å². The second-order valence-electron chi connectivity index (χ2n) is 3.83. The molecule has 0 amide bonds. The molecule has 5 nitrogen and oxygen atoms in total. The molecule has 0 aliphatic carbocycles. The first-order valence-electron chi connectivity index (χ1n) is 5.11. The van der Waals surface area contributed by atoms with Crippen molar-refractivity contribution in [3.63, 3.8) is 0 Å². The van der Waals surface area contributed by atoms with E-state index in [4.69, 9.17) is 5.11 Å². The predicted octanol–water partition coefficient (Wildman–Crippen LogP) is 2.01. The molecule has 2 aromatic rings. The maximum atomic E-state index is 13.6. The molecular formula is C12H10FN2O3Y-. The fourth-order valence-electron chi connectivity index (χ4n) is 1.82. The number of carbonyl (C=O) groups is 1. The van der Waals surface area contributed by atoms with Crippen molar-refractivity contribution in [2.24, 2.45) is 7.05 Å². The number of fused-ring (bicyclic) bond motifs is 1. The number of hydrogen-bond acceptors (Lipinski definition) is 2. The van der Waals surface area contributed by atoms with E-state index in [2.05, 4.69) is 5.32 Å². The normalized spacial score (nSPS) is 10.1. The van der Waals surface area contributed by atoms with Crippen molar-refractivity contribution in [1.29, 1.82) is 0 Å². The van der Waals surface area contributed by atoms with Gasteiger partial charge < -0.3 is 15.0 Å². The number of aromatic nitrogens is 1. The molecule has 0 bridgehead atoms. The van der Waals surface area contributed by atoms with Crippen molar-refractivity contribution in [2.75, 3.05) is 7.05 Å². The Morgan fingerprint density at radius 2 is 2.05 bits per heavy atom. The monoisotopic (exact) mass is 338 g/mol. The van der Waals surface area contributed by atoms with E-state index < -0.39 is 17.2 Å². The topological polar surface area (TPSA) is 73.4 Å². The summed E-state index contributed by atoms with van der Waals surface area (Å²) in [5.41, 5.74) is -0.518. The largest absolute Gasteiger partial charge is 0.684 e. The van der Waals surface area contributed by atoms with E-state index in [0.717, 1.165) is 6.07 Å². The van der Waals surface area contributed by atoms with E-state index in [1.807, 2.05) is 0 Å². The third-order valence-electron chi connectivity index (χ3n) is 2.73. The SMILES string of the molecule is C[N-]c1cc2c(cc1F)c(=O)c(C(=O)O)cn2C.[Y]. The van der Waals surface area contributed by atoms with E-state index in [9.17, 15) is 14.0 Å². The minimum atomic E-state index is -1.33. The summed E-state index contributed by atoms with van der Waals surface area (Å²) in [6.07, 6.45) is 1.21. The number of aromatic carboxylic acids is 1. The Hall–Kier alpha value is -1.27. The molecule has 0 aliphatic rings. The number of nitrogens with zero attached hydrogens (tertiary/aromatic N) is 2. The van der Waals surface area contributed by atoms with Crippen LogP contribution in [0.25, 0.3) is 16.2 Å². The van der Waals surface area contributed by atoms with Crippen LogP contribution in [0.1, 0.15) is 10.4 Å². The predicted molar refractivity (Wildman–Crippen MR) is 65.0 cm³/mol. The second-order valence-corrected chi connectivity index (χ2v) is 3.83. The Bertz CT molecular complexity index is 712. The number of pyridine rings is 1. The minimum absolute atomic E-state index is 0. The van der Waals surface area contributed by atoms with Gasteiger partial charge in [0.15, 0.2) is 0 Å². The molecule has 1 radical (unpaired) electrons. The van der Waals surface area contributed by atoms with Crippen molar-refractivity contribution in [2.45, 2.75) is 0 Å². The number of carboxylic acid groups (broad SMARTS) is 1. The smallest absolute Gasteiger partial charge is 0.341 e. The fraction of sp³-hybridized carbons (Fsp3) is 0.167. The molecule has 1 N–H and O–H groups in total. The van der Waals surface area contributed by atoms with Crippen LogP contribution in [0, 0.1) is 5.82 Å². The van der Waals surface area contributed by atoms with Crippen LogP contribution in [-0.2, 0) is 39.8 Å². The fourth-order valence-corrected chi connectivity index (χ4v) is 1.82. The van der Waals surface area contributed by atoms with Crippen molar-refractivity contribution in [1.82, 2.24) is 4.57 Å². The third-order valence-corrected chi connectivity index (χ3v) is 2.73. The molecule has 1 heterocycles. The molecule has 0 atom stereocenters. The van der Waals surface area contributed by atoms with Gasteiger partial charge in [-0.15, -0.1) is 12.7 Å². The summed E-state index contributed by atoms with van der Waals surface area (Å²) in [6.45, 7) is 0. The standard InChI is InChI=1S/C12H11FN2O3.Y/c1-14-9-4-10-6(3-8(9)13)11(16)7(12(17)18)5-15(10)2;/h3-5H,1-2H3,(H2,14,16,17,18);/p-1. The van der Waals surface area contributed by atoms with Crippen LogP contribution in [0.3, 0.4) is 0 Å². The molecule has 1 aromatic heterocycles. The summed E-state index contributed by atoms with van der Waals surface area (Å²) in [4.78, 5) is 22.8. The van der Waals surface area contributed by atoms with Crippen LogP contribution >= 0.6 is 0 Å². The Morgan fingerprint density at radius 1 is 1.42 bits per heavy atom. The summed E-state index contributed by atoms with van der Waals surface area (Å²) >= 11 is 0. The first-order valence-corrected chi connectivity index (χ1v) is 5.11. The Balaban J connectivity index is 0.00000180. The van der Waals surface area contributed by atoms with Crippen LogP contribution in [0.15, 0.2) is 23.1 Å². The number of hydrogen-bond donors (Lipinski definition) is 1. The van der Waals surface area contributed by atoms with Gasteiger partial charge in [-0.2, -0.15) is 0 Å². The summed E-state index contributed by atoms with van der Waals surface area (Å²) in [5.74, 6) is -1.98. The quantitative estimate of drug-likeness (QED) is 0.910. The maximum Gasteiger partial charge on any atom is 0.341 e. The van der Waals surface area contributed by atoms with Gasteiger partial charge in [-0.3, -0.25) is 4.79 Å². The first kappa shape index (κ1) is 15.8. The Kier molecular flexibility index (Phi) is 4.82. The molecule has 0 saturated carbocycles. The van der Waals surface area contributed by atoms with Gasteiger partial charge in [0, 0.05) is 51.3 Å². The van der Waals surface area contributed by atoms with Gasteiger partial charge in [-0.25, -0.2) is 9.18 Å². The first-order chi connectivity index (χ1) is 8.45. The van der Waals surface area contributed by atoms with Gasteiger partial charge in [0.1, 0.15) is 11.4 Å². The van der Waals surface area contributed by atoms with E-state index >= 15 is 0 Å². The number of carboxylic acids is 1. The van der Waals surface area contributed by atoms with E-state index in [1.54, 1.807) is 7.05 Å². The summed E-state index contributed by atoms with van der Waals surface area (Å²) in [5, 5.41) is 12.7. The summed E-state index contributed by atoms with van der Waals surface area (Å²) in [6, 6.07) is 2.43. The number of benzene rings is 1. The molecule has 97 valence electrons. The van der Waals surface area contributed by atoms with Crippen molar-refractivity contribution < 1.29 is 47.0 Å². The molecule has 19 heavy (non-hydrogen) atoms. The van der Waals surface area contributed by atoms with Crippen LogP contribution in [0.2, 0.25) is 0 Å². The van der Waals surface area contributed by atoms with Crippen molar-refractivity contribution >= 4 is 22.6 Å². The second kappa shape index (κ2) is 5.80. The molecule has 2 rings (SSSR count). The molecule has 0 spiro atoms. The Labute approximate surface area is 133 Å². The summed E-state index contributed by atoms with van der Waals surface area (Å²) in [7, 11) is 3.03. The minimum Gasteiger partial charge on any atom is -0.684 e. The molecule has 0 saturated heterocycles. The molecule has 1 aromatic carbocycles. The molecular weight excluding hydrogens is 328 g/mol.